The highest BCUT2D eigenvalue weighted by Gasteiger charge is 2.29. The first kappa shape index (κ1) is 12.1. The lowest BCUT2D eigenvalue weighted by Gasteiger charge is -2.37. The molecule has 0 amide bonds. The number of rotatable bonds is 2. The molecule has 0 atom stereocenters. The van der Waals surface area contributed by atoms with Crippen LogP contribution < -0.4 is 0 Å². The summed E-state index contributed by atoms with van der Waals surface area (Å²) < 4.78 is 0. The minimum absolute atomic E-state index is 0.638. The summed E-state index contributed by atoms with van der Waals surface area (Å²) in [7, 11) is 2.50. The van der Waals surface area contributed by atoms with Crippen LogP contribution >= 0.6 is 0 Å². The molecule has 0 N–H and O–H groups in total. The van der Waals surface area contributed by atoms with Crippen molar-refractivity contribution in [3.8, 4) is 0 Å². The zero-order chi connectivity index (χ0) is 10.6. The minimum Gasteiger partial charge on any atom is -0.0651 e. The van der Waals surface area contributed by atoms with Crippen LogP contribution in [0.2, 0.25) is 5.31 Å². The average molecular weight is 194 g/mol. The number of hydrogen-bond acceptors (Lipinski definition) is 0. The largest absolute Gasteiger partial charge is 0.109 e. The van der Waals surface area contributed by atoms with Crippen molar-refractivity contribution in [3.05, 3.63) is 0 Å². The van der Waals surface area contributed by atoms with Crippen LogP contribution in [-0.2, 0) is 0 Å². The molecule has 82 valence electrons. The molecule has 1 fully saturated rings. The van der Waals surface area contributed by atoms with Crippen molar-refractivity contribution >= 4 is 7.85 Å². The minimum atomic E-state index is 0.638. The first-order valence-electron chi connectivity index (χ1n) is 6.58. The standard InChI is InChI=1S/C13H27B/c1-4-12-7-5-9-13(14,11(2)3)10-6-8-12/h11-12H,4-10,14H2,1-3H3. The second-order valence-electron chi connectivity index (χ2n) is 5.87. The van der Waals surface area contributed by atoms with Crippen LogP contribution in [0.15, 0.2) is 0 Å². The molecule has 0 aromatic heterocycles. The zero-order valence-electron chi connectivity index (χ0n) is 10.6. The second kappa shape index (κ2) is 5.23. The molecular weight excluding hydrogens is 167 g/mol. The molecule has 1 aliphatic rings. The van der Waals surface area contributed by atoms with Crippen LogP contribution in [0, 0.1) is 11.8 Å². The fraction of sp³-hybridized carbons (Fsp3) is 1.00. The summed E-state index contributed by atoms with van der Waals surface area (Å²) >= 11 is 0. The molecule has 1 saturated carbocycles. The predicted octanol–water partition coefficient (Wildman–Crippen LogP) is 3.81. The van der Waals surface area contributed by atoms with E-state index < -0.39 is 0 Å². The quantitative estimate of drug-likeness (QED) is 0.586. The summed E-state index contributed by atoms with van der Waals surface area (Å²) in [5.74, 6) is 1.90. The maximum absolute atomic E-state index is 2.50. The summed E-state index contributed by atoms with van der Waals surface area (Å²) in [4.78, 5) is 0. The van der Waals surface area contributed by atoms with E-state index in [4.69, 9.17) is 0 Å². The molecule has 0 heterocycles. The van der Waals surface area contributed by atoms with Gasteiger partial charge in [-0.1, -0.05) is 71.0 Å². The van der Waals surface area contributed by atoms with Gasteiger partial charge in [-0.15, -0.1) is 0 Å². The maximum Gasteiger partial charge on any atom is 0.109 e. The molecule has 0 saturated heterocycles. The Morgan fingerprint density at radius 3 is 2.07 bits per heavy atom. The molecule has 0 unspecified atom stereocenters. The number of hydrogen-bond donors (Lipinski definition) is 0. The first-order valence-corrected chi connectivity index (χ1v) is 6.58. The van der Waals surface area contributed by atoms with E-state index in [9.17, 15) is 0 Å². The molecule has 0 bridgehead atoms. The normalized spacial score (nSPS) is 35.3. The fourth-order valence-corrected chi connectivity index (χ4v) is 2.84. The van der Waals surface area contributed by atoms with E-state index in [0.29, 0.717) is 5.31 Å². The van der Waals surface area contributed by atoms with E-state index in [1.54, 1.807) is 0 Å². The summed E-state index contributed by atoms with van der Waals surface area (Å²) in [5, 5.41) is 0.638. The molecule has 0 aromatic rings. The van der Waals surface area contributed by atoms with E-state index in [-0.39, 0.29) is 0 Å². The molecule has 14 heavy (non-hydrogen) atoms. The van der Waals surface area contributed by atoms with Crippen LogP contribution in [-0.4, -0.2) is 7.85 Å². The average Bonchev–Trinajstić information content (AvgIpc) is 2.11. The lowest BCUT2D eigenvalue weighted by molar-refractivity contribution is 0.278. The highest BCUT2D eigenvalue weighted by atomic mass is 14.3. The van der Waals surface area contributed by atoms with E-state index in [0.717, 1.165) is 11.8 Å². The Balaban J connectivity index is 2.47. The summed E-state index contributed by atoms with van der Waals surface area (Å²) in [6.07, 6.45) is 10.2. The molecule has 0 radical (unpaired) electrons. The predicted molar refractivity (Wildman–Crippen MR) is 67.6 cm³/mol. The summed E-state index contributed by atoms with van der Waals surface area (Å²) in [5.41, 5.74) is 0. The Morgan fingerprint density at radius 2 is 1.71 bits per heavy atom. The van der Waals surface area contributed by atoms with Gasteiger partial charge in [0.1, 0.15) is 7.85 Å². The van der Waals surface area contributed by atoms with Gasteiger partial charge in [0, 0.05) is 0 Å². The fourth-order valence-electron chi connectivity index (χ4n) is 2.84. The van der Waals surface area contributed by atoms with Crippen LogP contribution in [0.3, 0.4) is 0 Å². The molecule has 1 aliphatic carbocycles. The topological polar surface area (TPSA) is 0 Å². The van der Waals surface area contributed by atoms with E-state index in [2.05, 4.69) is 28.6 Å². The lowest BCUT2D eigenvalue weighted by Crippen LogP contribution is -2.22. The van der Waals surface area contributed by atoms with Crippen LogP contribution in [0.25, 0.3) is 0 Å². The smallest absolute Gasteiger partial charge is 0.0651 e. The van der Waals surface area contributed by atoms with Crippen molar-refractivity contribution in [1.82, 2.24) is 0 Å². The van der Waals surface area contributed by atoms with Gasteiger partial charge < -0.3 is 0 Å². The molecule has 0 nitrogen and oxygen atoms in total. The molecule has 1 heteroatoms. The molecule has 0 spiro atoms. The van der Waals surface area contributed by atoms with Gasteiger partial charge in [0.25, 0.3) is 0 Å². The van der Waals surface area contributed by atoms with Gasteiger partial charge in [0.2, 0.25) is 0 Å². The van der Waals surface area contributed by atoms with Crippen LogP contribution in [0.1, 0.15) is 65.7 Å². The SMILES string of the molecule is BC1(C(C)C)CCCC(CC)CCC1. The lowest BCUT2D eigenvalue weighted by atomic mass is 9.55. The van der Waals surface area contributed by atoms with Gasteiger partial charge in [-0.05, 0) is 11.8 Å². The van der Waals surface area contributed by atoms with Crippen molar-refractivity contribution in [3.63, 3.8) is 0 Å². The summed E-state index contributed by atoms with van der Waals surface area (Å²) in [6, 6.07) is 0. The van der Waals surface area contributed by atoms with Gasteiger partial charge in [-0.2, -0.15) is 0 Å². The van der Waals surface area contributed by atoms with Crippen LogP contribution in [0.4, 0.5) is 0 Å². The highest BCUT2D eigenvalue weighted by Crippen LogP contribution is 2.45. The van der Waals surface area contributed by atoms with Gasteiger partial charge in [0.15, 0.2) is 0 Å². The Morgan fingerprint density at radius 1 is 1.21 bits per heavy atom. The Bertz CT molecular complexity index is 153. The van der Waals surface area contributed by atoms with Crippen molar-refractivity contribution in [2.24, 2.45) is 11.8 Å². The first-order chi connectivity index (χ1) is 6.58. The van der Waals surface area contributed by atoms with Gasteiger partial charge in [-0.3, -0.25) is 0 Å². The Kier molecular flexibility index (Phi) is 4.54. The maximum atomic E-state index is 2.50. The third-order valence-corrected chi connectivity index (χ3v) is 4.69. The van der Waals surface area contributed by atoms with Crippen LogP contribution in [0.5, 0.6) is 0 Å². The monoisotopic (exact) mass is 194 g/mol. The van der Waals surface area contributed by atoms with E-state index in [1.165, 1.54) is 44.9 Å². The molecule has 0 aliphatic heterocycles. The second-order valence-corrected chi connectivity index (χ2v) is 5.87. The summed E-state index contributed by atoms with van der Waals surface area (Å²) in [6.45, 7) is 7.16. The highest BCUT2D eigenvalue weighted by molar-refractivity contribution is 6.15. The Labute approximate surface area is 91.3 Å². The molecular formula is C13H27B. The van der Waals surface area contributed by atoms with Crippen molar-refractivity contribution < 1.29 is 0 Å². The molecule has 0 aromatic carbocycles. The van der Waals surface area contributed by atoms with Gasteiger partial charge in [-0.25, -0.2) is 0 Å². The van der Waals surface area contributed by atoms with Gasteiger partial charge in [0.05, 0.1) is 0 Å². The zero-order valence-corrected chi connectivity index (χ0v) is 10.6. The Hall–Kier alpha value is 0.0649. The van der Waals surface area contributed by atoms with E-state index >= 15 is 0 Å². The van der Waals surface area contributed by atoms with E-state index in [1.807, 2.05) is 0 Å². The van der Waals surface area contributed by atoms with Crippen molar-refractivity contribution in [1.29, 1.82) is 0 Å². The van der Waals surface area contributed by atoms with Crippen molar-refractivity contribution in [2.75, 3.05) is 0 Å². The van der Waals surface area contributed by atoms with Gasteiger partial charge >= 0.3 is 0 Å². The third-order valence-electron chi connectivity index (χ3n) is 4.69. The van der Waals surface area contributed by atoms with Crippen molar-refractivity contribution in [2.45, 2.75) is 71.0 Å². The molecule has 1 rings (SSSR count). The third kappa shape index (κ3) is 3.03.